The zero-order chi connectivity index (χ0) is 12.4. The maximum absolute atomic E-state index is 5.73. The highest BCUT2D eigenvalue weighted by Crippen LogP contribution is 2.33. The molecule has 1 heterocycles. The predicted molar refractivity (Wildman–Crippen MR) is 78.1 cm³/mol. The summed E-state index contributed by atoms with van der Waals surface area (Å²) < 4.78 is 6.88. The first-order chi connectivity index (χ1) is 8.06. The van der Waals surface area contributed by atoms with Gasteiger partial charge in [-0.2, -0.15) is 0 Å². The molecule has 1 atom stereocenters. The van der Waals surface area contributed by atoms with Crippen molar-refractivity contribution < 1.29 is 4.74 Å². The predicted octanol–water partition coefficient (Wildman–Crippen LogP) is 3.60. The van der Waals surface area contributed by atoms with E-state index >= 15 is 0 Å². The van der Waals surface area contributed by atoms with Crippen LogP contribution in [0.2, 0.25) is 0 Å². The Bertz CT molecular complexity index is 407. The van der Waals surface area contributed by atoms with E-state index in [2.05, 4.69) is 62.9 Å². The lowest BCUT2D eigenvalue weighted by atomic mass is 10.1. The Morgan fingerprint density at radius 2 is 2.24 bits per heavy atom. The highest BCUT2D eigenvalue weighted by Gasteiger charge is 2.18. The molecule has 0 amide bonds. The van der Waals surface area contributed by atoms with Crippen LogP contribution in [0.25, 0.3) is 0 Å². The zero-order valence-electron chi connectivity index (χ0n) is 10.2. The molecule has 0 bridgehead atoms. The number of benzene rings is 1. The van der Waals surface area contributed by atoms with Crippen LogP contribution in [0.1, 0.15) is 18.1 Å². The molecular weight excluding hydrogens is 346 g/mol. The van der Waals surface area contributed by atoms with E-state index in [9.17, 15) is 0 Å². The summed E-state index contributed by atoms with van der Waals surface area (Å²) in [4.78, 5) is 2.82. The number of hydrogen-bond acceptors (Lipinski definition) is 2. The fourth-order valence-electron chi connectivity index (χ4n) is 2.25. The van der Waals surface area contributed by atoms with Crippen LogP contribution in [0.15, 0.2) is 16.6 Å². The summed E-state index contributed by atoms with van der Waals surface area (Å²) in [5.74, 6) is 1.10. The molecule has 4 heteroatoms. The van der Waals surface area contributed by atoms with Gasteiger partial charge in [-0.25, -0.2) is 0 Å². The third kappa shape index (κ3) is 3.46. The largest absolute Gasteiger partial charge is 0.493 e. The van der Waals surface area contributed by atoms with Crippen molar-refractivity contribution in [2.45, 2.75) is 24.7 Å². The van der Waals surface area contributed by atoms with Crippen molar-refractivity contribution in [3.05, 3.63) is 27.7 Å². The van der Waals surface area contributed by atoms with E-state index in [-0.39, 0.29) is 0 Å². The van der Waals surface area contributed by atoms with E-state index in [1.165, 1.54) is 11.1 Å². The monoisotopic (exact) mass is 361 g/mol. The van der Waals surface area contributed by atoms with E-state index in [0.717, 1.165) is 36.3 Å². The summed E-state index contributed by atoms with van der Waals surface area (Å²) in [5, 5.41) is 0. The van der Waals surface area contributed by atoms with E-state index in [1.807, 2.05) is 0 Å². The van der Waals surface area contributed by atoms with Crippen molar-refractivity contribution >= 4 is 31.9 Å². The molecule has 94 valence electrons. The number of nitrogens with zero attached hydrogens (tertiary/aromatic N) is 1. The Hall–Kier alpha value is -0.0600. The Morgan fingerprint density at radius 1 is 1.47 bits per heavy atom. The first-order valence-electron chi connectivity index (χ1n) is 5.83. The van der Waals surface area contributed by atoms with Crippen LogP contribution in [-0.4, -0.2) is 29.9 Å². The van der Waals surface area contributed by atoms with Gasteiger partial charge < -0.3 is 9.64 Å². The SMILES string of the molecule is CC(Br)CN(C)Cc1cc(Br)cc2c1OCC2. The molecule has 2 rings (SSSR count). The lowest BCUT2D eigenvalue weighted by molar-refractivity contribution is 0.314. The van der Waals surface area contributed by atoms with Crippen LogP contribution in [0.5, 0.6) is 5.75 Å². The van der Waals surface area contributed by atoms with E-state index in [0.29, 0.717) is 4.83 Å². The van der Waals surface area contributed by atoms with Gasteiger partial charge in [0.1, 0.15) is 5.75 Å². The van der Waals surface area contributed by atoms with Crippen molar-refractivity contribution in [2.75, 3.05) is 20.2 Å². The summed E-state index contributed by atoms with van der Waals surface area (Å²) in [6.45, 7) is 4.94. The third-order valence-electron chi connectivity index (χ3n) is 2.83. The van der Waals surface area contributed by atoms with Gasteiger partial charge in [0.15, 0.2) is 0 Å². The van der Waals surface area contributed by atoms with Crippen LogP contribution in [0.3, 0.4) is 0 Å². The molecule has 1 aromatic rings. The molecule has 0 radical (unpaired) electrons. The molecule has 0 aliphatic carbocycles. The first kappa shape index (κ1) is 13.4. The van der Waals surface area contributed by atoms with Gasteiger partial charge in [0.25, 0.3) is 0 Å². The van der Waals surface area contributed by atoms with Gasteiger partial charge in [-0.05, 0) is 24.7 Å². The minimum absolute atomic E-state index is 0.508. The summed E-state index contributed by atoms with van der Waals surface area (Å²) >= 11 is 7.16. The molecule has 0 spiro atoms. The Kier molecular flexibility index (Phi) is 4.50. The van der Waals surface area contributed by atoms with E-state index < -0.39 is 0 Å². The Balaban J connectivity index is 2.15. The highest BCUT2D eigenvalue weighted by atomic mass is 79.9. The van der Waals surface area contributed by atoms with Crippen LogP contribution < -0.4 is 4.74 Å². The van der Waals surface area contributed by atoms with Crippen LogP contribution in [-0.2, 0) is 13.0 Å². The minimum atomic E-state index is 0.508. The number of alkyl halides is 1. The second kappa shape index (κ2) is 5.72. The fourth-order valence-corrected chi connectivity index (χ4v) is 3.30. The smallest absolute Gasteiger partial charge is 0.127 e. The lowest BCUT2D eigenvalue weighted by Gasteiger charge is -2.19. The number of ether oxygens (including phenoxy) is 1. The zero-order valence-corrected chi connectivity index (χ0v) is 13.3. The van der Waals surface area contributed by atoms with Crippen LogP contribution >= 0.6 is 31.9 Å². The van der Waals surface area contributed by atoms with Gasteiger partial charge in [-0.1, -0.05) is 38.8 Å². The standard InChI is InChI=1S/C13H17Br2NO/c1-9(14)7-16(2)8-11-6-12(15)5-10-3-4-17-13(10)11/h5-6,9H,3-4,7-8H2,1-2H3. The number of hydrogen-bond donors (Lipinski definition) is 0. The maximum Gasteiger partial charge on any atom is 0.127 e. The number of rotatable bonds is 4. The molecule has 17 heavy (non-hydrogen) atoms. The first-order valence-corrected chi connectivity index (χ1v) is 7.54. The van der Waals surface area contributed by atoms with Crippen LogP contribution in [0, 0.1) is 0 Å². The third-order valence-corrected chi connectivity index (χ3v) is 3.58. The molecule has 1 aromatic carbocycles. The molecule has 0 saturated heterocycles. The molecular formula is C13H17Br2NO. The molecule has 1 unspecified atom stereocenters. The van der Waals surface area contributed by atoms with Gasteiger partial charge in [0.2, 0.25) is 0 Å². The molecule has 0 aromatic heterocycles. The molecule has 0 N–H and O–H groups in total. The second-order valence-electron chi connectivity index (χ2n) is 4.63. The quantitative estimate of drug-likeness (QED) is 0.759. The highest BCUT2D eigenvalue weighted by molar-refractivity contribution is 9.10. The number of halogens is 2. The van der Waals surface area contributed by atoms with Gasteiger partial charge >= 0.3 is 0 Å². The average Bonchev–Trinajstić information content (AvgIpc) is 2.63. The fraction of sp³-hybridized carbons (Fsp3) is 0.538. The topological polar surface area (TPSA) is 12.5 Å². The number of fused-ring (bicyclic) bond motifs is 1. The van der Waals surface area contributed by atoms with Gasteiger partial charge in [0, 0.05) is 34.4 Å². The Morgan fingerprint density at radius 3 is 2.94 bits per heavy atom. The van der Waals surface area contributed by atoms with Crippen LogP contribution in [0.4, 0.5) is 0 Å². The van der Waals surface area contributed by atoms with Gasteiger partial charge in [-0.15, -0.1) is 0 Å². The minimum Gasteiger partial charge on any atom is -0.493 e. The lowest BCUT2D eigenvalue weighted by Crippen LogP contribution is -2.24. The molecule has 0 fully saturated rings. The van der Waals surface area contributed by atoms with Crippen molar-refractivity contribution in [2.24, 2.45) is 0 Å². The normalized spacial score (nSPS) is 15.8. The van der Waals surface area contributed by atoms with Gasteiger partial charge in [0.05, 0.1) is 6.61 Å². The average molecular weight is 363 g/mol. The van der Waals surface area contributed by atoms with Crippen molar-refractivity contribution in [1.29, 1.82) is 0 Å². The van der Waals surface area contributed by atoms with E-state index in [4.69, 9.17) is 4.74 Å². The van der Waals surface area contributed by atoms with Crippen molar-refractivity contribution in [1.82, 2.24) is 4.90 Å². The summed E-state index contributed by atoms with van der Waals surface area (Å²) in [5.41, 5.74) is 2.61. The molecule has 1 aliphatic heterocycles. The Labute approximate surface area is 120 Å². The van der Waals surface area contributed by atoms with Gasteiger partial charge in [-0.3, -0.25) is 0 Å². The molecule has 2 nitrogen and oxygen atoms in total. The summed E-state index contributed by atoms with van der Waals surface area (Å²) in [7, 11) is 2.14. The molecule has 1 aliphatic rings. The van der Waals surface area contributed by atoms with Crippen molar-refractivity contribution in [3.8, 4) is 5.75 Å². The summed E-state index contributed by atoms with van der Waals surface area (Å²) in [6.07, 6.45) is 1.03. The summed E-state index contributed by atoms with van der Waals surface area (Å²) in [6, 6.07) is 4.33. The second-order valence-corrected chi connectivity index (χ2v) is 7.11. The maximum atomic E-state index is 5.73. The van der Waals surface area contributed by atoms with Crippen molar-refractivity contribution in [3.63, 3.8) is 0 Å². The van der Waals surface area contributed by atoms with E-state index in [1.54, 1.807) is 0 Å². The molecule has 0 saturated carbocycles.